The van der Waals surface area contributed by atoms with Crippen LogP contribution in [0.4, 0.5) is 15.6 Å². The highest BCUT2D eigenvalue weighted by Crippen LogP contribution is 2.14. The molecular formula is C14H15N7OS. The smallest absolute Gasteiger partial charge is 0.319 e. The van der Waals surface area contributed by atoms with E-state index in [0.717, 1.165) is 16.5 Å². The third kappa shape index (κ3) is 3.83. The quantitative estimate of drug-likeness (QED) is 0.666. The second kappa shape index (κ2) is 6.88. The first-order valence-electron chi connectivity index (χ1n) is 6.88. The van der Waals surface area contributed by atoms with Gasteiger partial charge in [-0.1, -0.05) is 5.21 Å². The standard InChI is InChI=1S/C14H15N7OS/c1-15-14-19-11(9-23-14)8-16-13(22)18-10-2-4-12(5-3-10)21-7-6-17-20-21/h2-7,9H,8H2,1H3,(H,15,19)(H2,16,18,22). The Morgan fingerprint density at radius 1 is 1.30 bits per heavy atom. The van der Waals surface area contributed by atoms with E-state index in [1.165, 1.54) is 11.3 Å². The van der Waals surface area contributed by atoms with Crippen LogP contribution in [0.15, 0.2) is 42.0 Å². The van der Waals surface area contributed by atoms with Gasteiger partial charge in [-0.05, 0) is 24.3 Å². The monoisotopic (exact) mass is 329 g/mol. The number of anilines is 2. The fourth-order valence-corrected chi connectivity index (χ4v) is 2.56. The predicted octanol–water partition coefficient (Wildman–Crippen LogP) is 2.09. The number of carbonyl (C=O) groups is 1. The third-order valence-electron chi connectivity index (χ3n) is 3.01. The summed E-state index contributed by atoms with van der Waals surface area (Å²) in [6.07, 6.45) is 3.36. The normalized spacial score (nSPS) is 10.3. The lowest BCUT2D eigenvalue weighted by molar-refractivity contribution is 0.251. The summed E-state index contributed by atoms with van der Waals surface area (Å²) < 4.78 is 1.64. The zero-order chi connectivity index (χ0) is 16.1. The van der Waals surface area contributed by atoms with Crippen molar-refractivity contribution in [2.45, 2.75) is 6.54 Å². The van der Waals surface area contributed by atoms with Crippen LogP contribution in [0.2, 0.25) is 0 Å². The lowest BCUT2D eigenvalue weighted by Gasteiger charge is -2.07. The van der Waals surface area contributed by atoms with Crippen molar-refractivity contribution in [1.82, 2.24) is 25.3 Å². The van der Waals surface area contributed by atoms with E-state index >= 15 is 0 Å². The van der Waals surface area contributed by atoms with Crippen molar-refractivity contribution in [2.75, 3.05) is 17.7 Å². The molecule has 2 aromatic heterocycles. The van der Waals surface area contributed by atoms with Gasteiger partial charge in [0.2, 0.25) is 0 Å². The predicted molar refractivity (Wildman–Crippen MR) is 88.9 cm³/mol. The zero-order valence-corrected chi connectivity index (χ0v) is 13.2. The molecule has 3 N–H and O–H groups in total. The van der Waals surface area contributed by atoms with Crippen molar-refractivity contribution in [1.29, 1.82) is 0 Å². The van der Waals surface area contributed by atoms with Crippen LogP contribution in [0.25, 0.3) is 5.69 Å². The van der Waals surface area contributed by atoms with Crippen LogP contribution in [-0.4, -0.2) is 33.1 Å². The Labute approximate surface area is 136 Å². The number of hydrogen-bond acceptors (Lipinski definition) is 6. The van der Waals surface area contributed by atoms with Crippen LogP contribution in [0, 0.1) is 0 Å². The van der Waals surface area contributed by atoms with Crippen molar-refractivity contribution in [3.63, 3.8) is 0 Å². The number of amides is 2. The van der Waals surface area contributed by atoms with E-state index in [-0.39, 0.29) is 6.03 Å². The van der Waals surface area contributed by atoms with Gasteiger partial charge in [-0.3, -0.25) is 0 Å². The number of aromatic nitrogens is 4. The van der Waals surface area contributed by atoms with E-state index in [4.69, 9.17) is 0 Å². The lowest BCUT2D eigenvalue weighted by atomic mass is 10.3. The third-order valence-corrected chi connectivity index (χ3v) is 3.92. The van der Waals surface area contributed by atoms with Crippen molar-refractivity contribution < 1.29 is 4.79 Å². The minimum Gasteiger partial charge on any atom is -0.365 e. The van der Waals surface area contributed by atoms with Gasteiger partial charge in [0.25, 0.3) is 0 Å². The van der Waals surface area contributed by atoms with E-state index in [9.17, 15) is 4.79 Å². The van der Waals surface area contributed by atoms with Crippen LogP contribution in [0.3, 0.4) is 0 Å². The van der Waals surface area contributed by atoms with Gasteiger partial charge >= 0.3 is 6.03 Å². The van der Waals surface area contributed by atoms with E-state index < -0.39 is 0 Å². The topological polar surface area (TPSA) is 96.8 Å². The number of nitrogens with one attached hydrogen (secondary N) is 3. The SMILES string of the molecule is CNc1nc(CNC(=O)Nc2ccc(-n3ccnn3)cc2)cs1. The highest BCUT2D eigenvalue weighted by molar-refractivity contribution is 7.13. The Morgan fingerprint density at radius 3 is 2.78 bits per heavy atom. The largest absolute Gasteiger partial charge is 0.365 e. The molecular weight excluding hydrogens is 314 g/mol. The molecule has 0 aliphatic rings. The van der Waals surface area contributed by atoms with E-state index in [1.54, 1.807) is 29.2 Å². The van der Waals surface area contributed by atoms with Gasteiger partial charge in [0.1, 0.15) is 0 Å². The van der Waals surface area contributed by atoms with Gasteiger partial charge in [-0.25, -0.2) is 14.5 Å². The molecule has 3 rings (SSSR count). The van der Waals surface area contributed by atoms with Crippen molar-refractivity contribution in [3.8, 4) is 5.69 Å². The van der Waals surface area contributed by atoms with Crippen molar-refractivity contribution >= 4 is 28.2 Å². The average Bonchev–Trinajstić information content (AvgIpc) is 3.25. The van der Waals surface area contributed by atoms with Gasteiger partial charge in [-0.15, -0.1) is 16.4 Å². The maximum atomic E-state index is 11.9. The van der Waals surface area contributed by atoms with Crippen LogP contribution in [-0.2, 0) is 6.54 Å². The first-order valence-corrected chi connectivity index (χ1v) is 7.76. The molecule has 0 fully saturated rings. The molecule has 0 unspecified atom stereocenters. The van der Waals surface area contributed by atoms with Gasteiger partial charge in [-0.2, -0.15) is 0 Å². The molecule has 23 heavy (non-hydrogen) atoms. The first kappa shape index (κ1) is 15.0. The molecule has 2 heterocycles. The Morgan fingerprint density at radius 2 is 2.13 bits per heavy atom. The first-order chi connectivity index (χ1) is 11.2. The molecule has 2 amide bonds. The number of nitrogens with zero attached hydrogens (tertiary/aromatic N) is 4. The molecule has 0 atom stereocenters. The summed E-state index contributed by atoms with van der Waals surface area (Å²) in [4.78, 5) is 16.2. The minimum absolute atomic E-state index is 0.280. The summed E-state index contributed by atoms with van der Waals surface area (Å²) >= 11 is 1.50. The maximum Gasteiger partial charge on any atom is 0.319 e. The lowest BCUT2D eigenvalue weighted by Crippen LogP contribution is -2.28. The molecule has 0 saturated carbocycles. The Balaban J connectivity index is 1.53. The Kier molecular flexibility index (Phi) is 4.48. The van der Waals surface area contributed by atoms with Crippen LogP contribution in [0.5, 0.6) is 0 Å². The Bertz CT molecular complexity index is 767. The summed E-state index contributed by atoms with van der Waals surface area (Å²) in [6.45, 7) is 0.376. The second-order valence-electron chi connectivity index (χ2n) is 4.60. The van der Waals surface area contributed by atoms with Gasteiger partial charge in [0.05, 0.1) is 30.3 Å². The number of carbonyl (C=O) groups excluding carboxylic acids is 1. The van der Waals surface area contributed by atoms with Gasteiger partial charge in [0, 0.05) is 18.1 Å². The van der Waals surface area contributed by atoms with Gasteiger partial charge in [0.15, 0.2) is 5.13 Å². The van der Waals surface area contributed by atoms with Crippen molar-refractivity contribution in [3.05, 3.63) is 47.7 Å². The minimum atomic E-state index is -0.280. The zero-order valence-electron chi connectivity index (χ0n) is 12.4. The van der Waals surface area contributed by atoms with Crippen molar-refractivity contribution in [2.24, 2.45) is 0 Å². The number of urea groups is 1. The molecule has 0 aliphatic carbocycles. The van der Waals surface area contributed by atoms with E-state index in [0.29, 0.717) is 12.2 Å². The number of thiazole rings is 1. The number of rotatable bonds is 5. The highest BCUT2D eigenvalue weighted by Gasteiger charge is 2.05. The Hall–Kier alpha value is -2.94. The van der Waals surface area contributed by atoms with Crippen LogP contribution < -0.4 is 16.0 Å². The molecule has 0 radical (unpaired) electrons. The fraction of sp³-hybridized carbons (Fsp3) is 0.143. The fourth-order valence-electron chi connectivity index (χ4n) is 1.89. The average molecular weight is 329 g/mol. The second-order valence-corrected chi connectivity index (χ2v) is 5.45. The van der Waals surface area contributed by atoms with Gasteiger partial charge < -0.3 is 16.0 Å². The maximum absolute atomic E-state index is 11.9. The summed E-state index contributed by atoms with van der Waals surface area (Å²) in [5.41, 5.74) is 2.38. The molecule has 118 valence electrons. The summed E-state index contributed by atoms with van der Waals surface area (Å²) in [5, 5.41) is 18.9. The molecule has 8 nitrogen and oxygen atoms in total. The van der Waals surface area contributed by atoms with E-state index in [1.807, 2.05) is 24.6 Å². The molecule has 3 aromatic rings. The number of hydrogen-bond donors (Lipinski definition) is 3. The number of benzene rings is 1. The molecule has 0 aliphatic heterocycles. The summed E-state index contributed by atoms with van der Waals surface area (Å²) in [5.74, 6) is 0. The van der Waals surface area contributed by atoms with Crippen LogP contribution >= 0.6 is 11.3 Å². The summed E-state index contributed by atoms with van der Waals surface area (Å²) in [6, 6.07) is 7.03. The highest BCUT2D eigenvalue weighted by atomic mass is 32.1. The molecule has 0 saturated heterocycles. The van der Waals surface area contributed by atoms with E-state index in [2.05, 4.69) is 31.2 Å². The molecule has 1 aromatic carbocycles. The summed E-state index contributed by atoms with van der Waals surface area (Å²) in [7, 11) is 1.81. The molecule has 9 heteroatoms. The molecule has 0 spiro atoms. The molecule has 0 bridgehead atoms. The van der Waals surface area contributed by atoms with Crippen LogP contribution in [0.1, 0.15) is 5.69 Å².